The van der Waals surface area contributed by atoms with Crippen LogP contribution in [0, 0.1) is 13.8 Å². The molecule has 0 spiro atoms. The SMILES string of the molecule is COC(=O)c1[nH]c(C)c(C(O)=C2C(=O)C(=O)N(CCC[n+]3cc[nH]c3)C2c2ccc(Cl)cc2)c1C. The number of aliphatic hydroxyl groups excluding tert-OH is 1. The minimum absolute atomic E-state index is 0.0340. The number of halogens is 1. The number of H-pyrrole nitrogens is 2. The second-order valence-corrected chi connectivity index (χ2v) is 8.80. The number of nitrogens with one attached hydrogen (secondary N) is 2. The van der Waals surface area contributed by atoms with Gasteiger partial charge in [-0.05, 0) is 37.1 Å². The van der Waals surface area contributed by atoms with E-state index in [1.807, 2.05) is 10.8 Å². The molecule has 10 heteroatoms. The first kappa shape index (κ1) is 24.3. The van der Waals surface area contributed by atoms with Crippen LogP contribution in [0.5, 0.6) is 0 Å². The minimum atomic E-state index is -0.807. The summed E-state index contributed by atoms with van der Waals surface area (Å²) < 4.78 is 6.75. The third-order valence-corrected chi connectivity index (χ3v) is 6.46. The Hall–Kier alpha value is -3.85. The lowest BCUT2D eigenvalue weighted by molar-refractivity contribution is -0.695. The molecule has 1 aliphatic rings. The number of amides is 1. The van der Waals surface area contributed by atoms with Crippen molar-refractivity contribution < 1.29 is 28.8 Å². The van der Waals surface area contributed by atoms with Crippen LogP contribution in [0.3, 0.4) is 0 Å². The zero-order valence-electron chi connectivity index (χ0n) is 19.6. The molecule has 1 unspecified atom stereocenters. The van der Waals surface area contributed by atoms with Crippen molar-refractivity contribution in [1.29, 1.82) is 0 Å². The smallest absolute Gasteiger partial charge is 0.354 e. The Morgan fingerprint density at radius 3 is 2.57 bits per heavy atom. The van der Waals surface area contributed by atoms with Crippen molar-refractivity contribution in [2.24, 2.45) is 0 Å². The number of likely N-dealkylation sites (tertiary alicyclic amines) is 1. The number of aliphatic hydroxyl groups is 1. The number of imidazole rings is 1. The van der Waals surface area contributed by atoms with Crippen molar-refractivity contribution in [1.82, 2.24) is 14.9 Å². The number of ether oxygens (including phenoxy) is 1. The molecule has 35 heavy (non-hydrogen) atoms. The highest BCUT2D eigenvalue weighted by atomic mass is 35.5. The Bertz CT molecular complexity index is 1310. The molecule has 9 nitrogen and oxygen atoms in total. The number of carbonyl (C=O) groups excluding carboxylic acids is 3. The number of methoxy groups -OCH3 is 1. The first-order valence-electron chi connectivity index (χ1n) is 11.1. The monoisotopic (exact) mass is 497 g/mol. The van der Waals surface area contributed by atoms with Crippen LogP contribution in [0.1, 0.15) is 45.3 Å². The molecule has 1 aromatic carbocycles. The fourth-order valence-corrected chi connectivity index (χ4v) is 4.66. The van der Waals surface area contributed by atoms with Gasteiger partial charge < -0.3 is 19.7 Å². The number of nitrogens with zero attached hydrogens (tertiary/aromatic N) is 2. The Kier molecular flexibility index (Phi) is 6.79. The number of Topliss-reactive ketones (excluding diaryl/α,β-unsaturated/α-hetero) is 1. The quantitative estimate of drug-likeness (QED) is 0.152. The highest BCUT2D eigenvalue weighted by molar-refractivity contribution is 6.46. The second-order valence-electron chi connectivity index (χ2n) is 8.36. The first-order valence-corrected chi connectivity index (χ1v) is 11.5. The maximum absolute atomic E-state index is 13.2. The van der Waals surface area contributed by atoms with Gasteiger partial charge in [0.25, 0.3) is 11.7 Å². The number of aromatic nitrogens is 3. The summed E-state index contributed by atoms with van der Waals surface area (Å²) in [6.45, 7) is 4.26. The molecule has 182 valence electrons. The van der Waals surface area contributed by atoms with Crippen LogP contribution in [-0.2, 0) is 20.9 Å². The minimum Gasteiger partial charge on any atom is -0.507 e. The van der Waals surface area contributed by atoms with E-state index in [0.29, 0.717) is 46.9 Å². The third kappa shape index (κ3) is 4.46. The molecule has 1 fully saturated rings. The van der Waals surface area contributed by atoms with Crippen molar-refractivity contribution in [3.8, 4) is 0 Å². The Morgan fingerprint density at radius 2 is 1.94 bits per heavy atom. The van der Waals surface area contributed by atoms with Crippen LogP contribution in [0.4, 0.5) is 0 Å². The summed E-state index contributed by atoms with van der Waals surface area (Å²) in [6.07, 6.45) is 6.07. The molecule has 1 aliphatic heterocycles. The van der Waals surface area contributed by atoms with Gasteiger partial charge in [-0.15, -0.1) is 0 Å². The van der Waals surface area contributed by atoms with Crippen LogP contribution in [0.25, 0.3) is 5.76 Å². The van der Waals surface area contributed by atoms with E-state index in [-0.39, 0.29) is 17.0 Å². The van der Waals surface area contributed by atoms with E-state index in [9.17, 15) is 19.5 Å². The molecule has 2 aromatic heterocycles. The maximum Gasteiger partial charge on any atom is 0.354 e. The van der Waals surface area contributed by atoms with E-state index in [2.05, 4.69) is 9.97 Å². The average Bonchev–Trinajstić information content (AvgIpc) is 3.52. The van der Waals surface area contributed by atoms with Gasteiger partial charge in [-0.3, -0.25) is 14.6 Å². The first-order chi connectivity index (χ1) is 16.7. The molecule has 0 radical (unpaired) electrons. The van der Waals surface area contributed by atoms with Crippen LogP contribution in [0.15, 0.2) is 48.6 Å². The van der Waals surface area contributed by atoms with Crippen molar-refractivity contribution in [3.05, 3.63) is 81.7 Å². The van der Waals surface area contributed by atoms with Gasteiger partial charge in [0.2, 0.25) is 6.33 Å². The van der Waals surface area contributed by atoms with Gasteiger partial charge in [-0.2, -0.15) is 0 Å². The molecule has 1 atom stereocenters. The molecule has 0 saturated carbocycles. The predicted molar refractivity (Wildman–Crippen MR) is 128 cm³/mol. The zero-order valence-corrected chi connectivity index (χ0v) is 20.3. The number of hydrogen-bond acceptors (Lipinski definition) is 5. The Labute approximate surface area is 207 Å². The summed E-state index contributed by atoms with van der Waals surface area (Å²) in [5.41, 5.74) is 1.98. The summed E-state index contributed by atoms with van der Waals surface area (Å²) in [5.74, 6) is -2.41. The maximum atomic E-state index is 13.2. The number of esters is 1. The van der Waals surface area contributed by atoms with Crippen LogP contribution >= 0.6 is 11.6 Å². The Balaban J connectivity index is 1.79. The van der Waals surface area contributed by atoms with Crippen LogP contribution in [-0.4, -0.2) is 51.3 Å². The molecule has 4 rings (SSSR count). The molecular weight excluding hydrogens is 472 g/mol. The standard InChI is InChI=1S/C25H25ClN4O5/c1-14-18(15(2)28-20(14)25(34)35-3)22(31)19-21(16-5-7-17(26)8-6-16)30(24(33)23(19)32)11-4-10-29-12-9-27-13-29/h5-9,12-13,21H,4,10-11H2,1-3H3,(H2,28,31,32,34)/p+1. The molecule has 0 aliphatic carbocycles. The van der Waals surface area contributed by atoms with E-state index in [1.54, 1.807) is 50.6 Å². The van der Waals surface area contributed by atoms with Gasteiger partial charge >= 0.3 is 5.97 Å². The summed E-state index contributed by atoms with van der Waals surface area (Å²) in [4.78, 5) is 45.9. The van der Waals surface area contributed by atoms with Crippen molar-refractivity contribution >= 4 is 35.0 Å². The van der Waals surface area contributed by atoms with Gasteiger partial charge in [0, 0.05) is 29.2 Å². The summed E-state index contributed by atoms with van der Waals surface area (Å²) in [6, 6.07) is 6.01. The highest BCUT2D eigenvalue weighted by Gasteiger charge is 2.46. The summed E-state index contributed by atoms with van der Waals surface area (Å²) in [5, 5.41) is 11.9. The number of aryl methyl sites for hydroxylation is 2. The normalized spacial score (nSPS) is 17.3. The number of benzene rings is 1. The lowest BCUT2D eigenvalue weighted by Gasteiger charge is -2.25. The van der Waals surface area contributed by atoms with E-state index in [4.69, 9.17) is 16.3 Å². The van der Waals surface area contributed by atoms with E-state index >= 15 is 0 Å². The number of rotatable bonds is 7. The fraction of sp³-hybridized carbons (Fsp3) is 0.280. The van der Waals surface area contributed by atoms with Gasteiger partial charge in [0.1, 0.15) is 23.8 Å². The number of ketones is 1. The highest BCUT2D eigenvalue weighted by Crippen LogP contribution is 2.41. The van der Waals surface area contributed by atoms with Crippen LogP contribution < -0.4 is 4.57 Å². The molecular formula is C25H26ClN4O5+. The molecule has 3 N–H and O–H groups in total. The summed E-state index contributed by atoms with van der Waals surface area (Å²) >= 11 is 6.07. The third-order valence-electron chi connectivity index (χ3n) is 6.21. The topological polar surface area (TPSA) is 119 Å². The Morgan fingerprint density at radius 1 is 1.23 bits per heavy atom. The van der Waals surface area contributed by atoms with Gasteiger partial charge in [0.15, 0.2) is 0 Å². The number of aromatic amines is 2. The van der Waals surface area contributed by atoms with Gasteiger partial charge in [-0.25, -0.2) is 9.36 Å². The molecule has 0 bridgehead atoms. The summed E-state index contributed by atoms with van der Waals surface area (Å²) in [7, 11) is 1.26. The van der Waals surface area contributed by atoms with Gasteiger partial charge in [-0.1, -0.05) is 23.7 Å². The van der Waals surface area contributed by atoms with Crippen LogP contribution in [0.2, 0.25) is 5.02 Å². The fourth-order valence-electron chi connectivity index (χ4n) is 4.53. The number of carbonyl (C=O) groups is 3. The van der Waals surface area contributed by atoms with E-state index < -0.39 is 23.7 Å². The van der Waals surface area contributed by atoms with E-state index in [1.165, 1.54) is 12.0 Å². The van der Waals surface area contributed by atoms with Gasteiger partial charge in [0.05, 0.1) is 25.3 Å². The molecule has 3 aromatic rings. The average molecular weight is 498 g/mol. The molecule has 3 heterocycles. The molecule has 1 amide bonds. The van der Waals surface area contributed by atoms with Crippen molar-refractivity contribution in [3.63, 3.8) is 0 Å². The number of hydrogen-bond donors (Lipinski definition) is 3. The predicted octanol–water partition coefficient (Wildman–Crippen LogP) is 3.20. The lowest BCUT2D eigenvalue weighted by atomic mass is 9.94. The molecule has 1 saturated heterocycles. The second kappa shape index (κ2) is 9.79. The lowest BCUT2D eigenvalue weighted by Crippen LogP contribution is -2.36. The largest absolute Gasteiger partial charge is 0.507 e. The zero-order chi connectivity index (χ0) is 25.3. The van der Waals surface area contributed by atoms with E-state index in [0.717, 1.165) is 0 Å². The van der Waals surface area contributed by atoms with Crippen molar-refractivity contribution in [2.75, 3.05) is 13.7 Å². The van der Waals surface area contributed by atoms with Crippen molar-refractivity contribution in [2.45, 2.75) is 32.9 Å².